The minimum atomic E-state index is -0.885. The maximum atomic E-state index is 10.5. The highest BCUT2D eigenvalue weighted by Crippen LogP contribution is 2.12. The van der Waals surface area contributed by atoms with E-state index in [1.807, 2.05) is 26.1 Å². The number of rotatable bonds is 3. The van der Waals surface area contributed by atoms with Crippen LogP contribution < -0.4 is 5.32 Å². The highest BCUT2D eigenvalue weighted by atomic mass is 16.4. The third-order valence-corrected chi connectivity index (χ3v) is 2.09. The van der Waals surface area contributed by atoms with Gasteiger partial charge in [-0.25, -0.2) is 4.79 Å². The van der Waals surface area contributed by atoms with E-state index in [1.165, 1.54) is 0 Å². The van der Waals surface area contributed by atoms with Crippen LogP contribution in [-0.4, -0.2) is 18.1 Å². The molecule has 0 saturated heterocycles. The van der Waals surface area contributed by atoms with Crippen LogP contribution in [0.25, 0.3) is 0 Å². The summed E-state index contributed by atoms with van der Waals surface area (Å²) in [7, 11) is 1.87. The van der Waals surface area contributed by atoms with Crippen molar-refractivity contribution in [1.82, 2.24) is 5.32 Å². The van der Waals surface area contributed by atoms with E-state index in [2.05, 4.69) is 5.32 Å². The van der Waals surface area contributed by atoms with Crippen molar-refractivity contribution in [3.8, 4) is 0 Å². The topological polar surface area (TPSA) is 49.3 Å². The lowest BCUT2D eigenvalue weighted by Gasteiger charge is -2.09. The van der Waals surface area contributed by atoms with Gasteiger partial charge in [-0.2, -0.15) is 0 Å². The van der Waals surface area contributed by atoms with Gasteiger partial charge in [0.05, 0.1) is 5.56 Å². The second-order valence-corrected chi connectivity index (χ2v) is 2.94. The van der Waals surface area contributed by atoms with Crippen molar-refractivity contribution in [1.29, 1.82) is 0 Å². The summed E-state index contributed by atoms with van der Waals surface area (Å²) in [5.41, 5.74) is 1.42. The Morgan fingerprint density at radius 1 is 1.38 bits per heavy atom. The zero-order valence-electron chi connectivity index (χ0n) is 7.74. The lowest BCUT2D eigenvalue weighted by molar-refractivity contribution is 0.0697. The summed E-state index contributed by atoms with van der Waals surface area (Å²) in [6.07, 6.45) is 0. The lowest BCUT2D eigenvalue weighted by Crippen LogP contribution is -2.12. The van der Waals surface area contributed by atoms with E-state index in [4.69, 9.17) is 5.11 Å². The molecule has 1 atom stereocenters. The van der Waals surface area contributed by atoms with Crippen LogP contribution in [0, 0.1) is 0 Å². The van der Waals surface area contributed by atoms with Gasteiger partial charge >= 0.3 is 5.97 Å². The van der Waals surface area contributed by atoms with Gasteiger partial charge in [0.15, 0.2) is 0 Å². The van der Waals surface area contributed by atoms with Crippen molar-refractivity contribution < 1.29 is 9.90 Å². The molecular weight excluding hydrogens is 166 g/mol. The molecule has 3 heteroatoms. The van der Waals surface area contributed by atoms with Crippen LogP contribution in [0.3, 0.4) is 0 Å². The number of hydrogen-bond donors (Lipinski definition) is 2. The summed E-state index contributed by atoms with van der Waals surface area (Å²) < 4.78 is 0. The first kappa shape index (κ1) is 9.74. The van der Waals surface area contributed by atoms with Gasteiger partial charge in [0.2, 0.25) is 0 Å². The number of aromatic carboxylic acids is 1. The van der Waals surface area contributed by atoms with E-state index < -0.39 is 5.97 Å². The first-order chi connectivity index (χ1) is 6.15. The van der Waals surface area contributed by atoms with Crippen molar-refractivity contribution in [2.24, 2.45) is 0 Å². The third kappa shape index (κ3) is 2.29. The fraction of sp³-hybridized carbons (Fsp3) is 0.300. The van der Waals surface area contributed by atoms with Crippen LogP contribution in [0.1, 0.15) is 28.9 Å². The smallest absolute Gasteiger partial charge is 0.335 e. The third-order valence-electron chi connectivity index (χ3n) is 2.09. The minimum Gasteiger partial charge on any atom is -0.478 e. The second kappa shape index (κ2) is 4.05. The zero-order valence-corrected chi connectivity index (χ0v) is 7.74. The van der Waals surface area contributed by atoms with Gasteiger partial charge in [0, 0.05) is 6.04 Å². The molecule has 0 aliphatic heterocycles. The Morgan fingerprint density at radius 3 is 2.31 bits per heavy atom. The Bertz CT molecular complexity index is 292. The van der Waals surface area contributed by atoms with E-state index in [1.54, 1.807) is 12.1 Å². The van der Waals surface area contributed by atoms with Crippen molar-refractivity contribution in [3.63, 3.8) is 0 Å². The number of hydrogen-bond acceptors (Lipinski definition) is 2. The van der Waals surface area contributed by atoms with Crippen LogP contribution in [-0.2, 0) is 0 Å². The van der Waals surface area contributed by atoms with Gasteiger partial charge in [-0.1, -0.05) is 12.1 Å². The van der Waals surface area contributed by atoms with E-state index in [-0.39, 0.29) is 6.04 Å². The number of nitrogens with one attached hydrogen (secondary N) is 1. The van der Waals surface area contributed by atoms with Gasteiger partial charge in [0.1, 0.15) is 0 Å². The predicted octanol–water partition coefficient (Wildman–Crippen LogP) is 1.67. The highest BCUT2D eigenvalue weighted by molar-refractivity contribution is 5.87. The number of carboxylic acids is 1. The lowest BCUT2D eigenvalue weighted by atomic mass is 10.1. The molecule has 0 bridgehead atoms. The maximum absolute atomic E-state index is 10.5. The van der Waals surface area contributed by atoms with Crippen LogP contribution >= 0.6 is 0 Å². The number of benzene rings is 1. The molecule has 0 fully saturated rings. The zero-order chi connectivity index (χ0) is 9.84. The van der Waals surface area contributed by atoms with Crippen molar-refractivity contribution in [2.45, 2.75) is 13.0 Å². The summed E-state index contributed by atoms with van der Waals surface area (Å²) in [5.74, 6) is -0.885. The minimum absolute atomic E-state index is 0.253. The Labute approximate surface area is 77.4 Å². The van der Waals surface area contributed by atoms with Crippen LogP contribution in [0.4, 0.5) is 0 Å². The normalized spacial score (nSPS) is 12.5. The summed E-state index contributed by atoms with van der Waals surface area (Å²) in [6, 6.07) is 7.13. The Morgan fingerprint density at radius 2 is 1.92 bits per heavy atom. The molecule has 13 heavy (non-hydrogen) atoms. The molecule has 1 aromatic rings. The molecule has 0 amide bonds. The van der Waals surface area contributed by atoms with E-state index in [0.717, 1.165) is 5.56 Å². The van der Waals surface area contributed by atoms with Gasteiger partial charge in [-0.05, 0) is 31.7 Å². The highest BCUT2D eigenvalue weighted by Gasteiger charge is 2.04. The second-order valence-electron chi connectivity index (χ2n) is 2.94. The first-order valence-corrected chi connectivity index (χ1v) is 4.15. The molecule has 2 N–H and O–H groups in total. The molecule has 0 spiro atoms. The molecule has 0 saturated carbocycles. The molecule has 0 aromatic heterocycles. The largest absolute Gasteiger partial charge is 0.478 e. The van der Waals surface area contributed by atoms with Gasteiger partial charge < -0.3 is 10.4 Å². The van der Waals surface area contributed by atoms with Crippen LogP contribution in [0.5, 0.6) is 0 Å². The predicted molar refractivity (Wildman–Crippen MR) is 50.9 cm³/mol. The maximum Gasteiger partial charge on any atom is 0.335 e. The Hall–Kier alpha value is -1.35. The SMILES string of the molecule is CNC(C)c1ccc(C(=O)O)cc1. The monoisotopic (exact) mass is 179 g/mol. The van der Waals surface area contributed by atoms with Gasteiger partial charge in [-0.15, -0.1) is 0 Å². The molecule has 0 aliphatic carbocycles. The number of carboxylic acid groups (broad SMARTS) is 1. The molecular formula is C10H13NO2. The van der Waals surface area contributed by atoms with Gasteiger partial charge in [-0.3, -0.25) is 0 Å². The molecule has 0 radical (unpaired) electrons. The van der Waals surface area contributed by atoms with Crippen molar-refractivity contribution >= 4 is 5.97 Å². The Kier molecular flexibility index (Phi) is 3.03. The standard InChI is InChI=1S/C10H13NO2/c1-7(11-2)8-3-5-9(6-4-8)10(12)13/h3-7,11H,1-2H3,(H,12,13). The summed E-state index contributed by atoms with van der Waals surface area (Å²) >= 11 is 0. The average molecular weight is 179 g/mol. The molecule has 3 nitrogen and oxygen atoms in total. The quantitative estimate of drug-likeness (QED) is 0.742. The fourth-order valence-electron chi connectivity index (χ4n) is 1.08. The van der Waals surface area contributed by atoms with E-state index in [0.29, 0.717) is 5.56 Å². The molecule has 70 valence electrons. The van der Waals surface area contributed by atoms with Crippen LogP contribution in [0.15, 0.2) is 24.3 Å². The molecule has 1 aromatic carbocycles. The summed E-state index contributed by atoms with van der Waals surface area (Å²) in [6.45, 7) is 2.02. The molecule has 1 rings (SSSR count). The fourth-order valence-corrected chi connectivity index (χ4v) is 1.08. The van der Waals surface area contributed by atoms with Crippen molar-refractivity contribution in [2.75, 3.05) is 7.05 Å². The first-order valence-electron chi connectivity index (χ1n) is 4.15. The molecule has 0 heterocycles. The number of carbonyl (C=O) groups is 1. The van der Waals surface area contributed by atoms with E-state index in [9.17, 15) is 4.79 Å². The van der Waals surface area contributed by atoms with E-state index >= 15 is 0 Å². The van der Waals surface area contributed by atoms with Gasteiger partial charge in [0.25, 0.3) is 0 Å². The summed E-state index contributed by atoms with van der Waals surface area (Å²) in [4.78, 5) is 10.5. The Balaban J connectivity index is 2.87. The van der Waals surface area contributed by atoms with Crippen LogP contribution in [0.2, 0.25) is 0 Å². The average Bonchev–Trinajstić information content (AvgIpc) is 2.17. The molecule has 1 unspecified atom stereocenters. The van der Waals surface area contributed by atoms with Crippen molar-refractivity contribution in [3.05, 3.63) is 35.4 Å². The summed E-state index contributed by atoms with van der Waals surface area (Å²) in [5, 5.41) is 11.7. The molecule has 0 aliphatic rings.